The first-order valence-corrected chi connectivity index (χ1v) is 30.0. The summed E-state index contributed by atoms with van der Waals surface area (Å²) in [7, 11) is 4.95. The van der Waals surface area contributed by atoms with Gasteiger partial charge in [-0.1, -0.05) is 182 Å². The van der Waals surface area contributed by atoms with Gasteiger partial charge in [0, 0.05) is 22.3 Å². The number of aryl methyl sites for hydroxylation is 1. The van der Waals surface area contributed by atoms with Crippen molar-refractivity contribution in [2.45, 2.75) is 13.8 Å². The van der Waals surface area contributed by atoms with Crippen LogP contribution >= 0.6 is 0 Å². The molecule has 0 spiro atoms. The van der Waals surface area contributed by atoms with Crippen LogP contribution in [0.4, 0.5) is 34.5 Å². The number of methoxy groups -OCH3 is 3. The summed E-state index contributed by atoms with van der Waals surface area (Å²) in [6.07, 6.45) is 4.49. The number of rotatable bonds is 16. The molecule has 0 aliphatic carbocycles. The first kappa shape index (κ1) is 60.0. The molecule has 0 atom stereocenters. The van der Waals surface area contributed by atoms with Gasteiger partial charge in [0.25, 0.3) is 0 Å². The highest BCUT2D eigenvalue weighted by atomic mass is 16.5. The highest BCUT2D eigenvalue weighted by Gasteiger charge is 2.21. The van der Waals surface area contributed by atoms with Gasteiger partial charge in [-0.2, -0.15) is 15.3 Å². The summed E-state index contributed by atoms with van der Waals surface area (Å²) >= 11 is 0. The number of aromatic amines is 3. The van der Waals surface area contributed by atoms with Gasteiger partial charge in [0.1, 0.15) is 53.7 Å². The second kappa shape index (κ2) is 27.5. The van der Waals surface area contributed by atoms with Crippen LogP contribution in [0.5, 0.6) is 17.2 Å². The molecule has 6 aromatic heterocycles. The van der Waals surface area contributed by atoms with Gasteiger partial charge >= 0.3 is 0 Å². The van der Waals surface area contributed by atoms with Crippen LogP contribution in [0, 0.1) is 6.92 Å². The molecule has 0 aliphatic rings. The van der Waals surface area contributed by atoms with Gasteiger partial charge in [0.15, 0.2) is 22.7 Å². The Bertz CT molecular complexity index is 5140. The maximum atomic E-state index is 11.9. The fourth-order valence-corrected chi connectivity index (χ4v) is 11.0. The molecule has 19 heteroatoms. The Kier molecular flexibility index (Phi) is 17.5. The number of carbonyl (C=O) groups is 1. The minimum Gasteiger partial charge on any atom is -0.495 e. The second-order valence-corrected chi connectivity index (χ2v) is 21.6. The predicted molar refractivity (Wildman–Crippen MR) is 371 cm³/mol. The number of hydrogen-bond acceptors (Lipinski definition) is 16. The minimum absolute atomic E-state index is 0.00210. The van der Waals surface area contributed by atoms with E-state index in [0.29, 0.717) is 45.7 Å². The van der Waals surface area contributed by atoms with Gasteiger partial charge in [-0.15, -0.1) is 0 Å². The summed E-state index contributed by atoms with van der Waals surface area (Å²) < 4.78 is 16.8. The topological polar surface area (TPSA) is 244 Å². The third-order valence-corrected chi connectivity index (χ3v) is 15.8. The van der Waals surface area contributed by atoms with Crippen LogP contribution in [0.1, 0.15) is 22.8 Å². The zero-order chi connectivity index (χ0) is 64.3. The number of hydrogen-bond donors (Lipinski definition) is 6. The number of anilines is 6. The van der Waals surface area contributed by atoms with Crippen molar-refractivity contribution in [1.82, 2.24) is 60.5 Å². The maximum Gasteiger partial charge on any atom is 0.186 e. The van der Waals surface area contributed by atoms with Crippen molar-refractivity contribution < 1.29 is 19.0 Å². The molecule has 0 radical (unpaired) electrons. The molecular formula is C75H61N15O4. The predicted octanol–water partition coefficient (Wildman–Crippen LogP) is 16.8. The standard InChI is InChI=1S/C26H21N5O2.C25H21N5O.C24H19N5O/c1-16(32)18-9-6-10-20(13-18)24-23-25(27-15-28-26(23)31-30-24)29-21-14-19(11-12-22(21)33-2)17-7-4-3-5-8-17;1-16-8-6-7-11-19(16)23-22-24(26-15-27-25(22)30-29-23)28-20-14-18(12-13-21(20)31-2)17-9-4-3-5-10-17;1-30-20-13-12-18(16-8-4-2-5-9-16)14-19(20)27-23-21-22(17-10-6-3-7-11-17)28-29-24(21)26-15-25-23/h3-15H,1-2H3,(H2,27,28,29,30,31);3-15H,1-2H3,(H2,26,27,28,29,30);2-15H,1H3,(H2,25,26,27,28,29). The first-order valence-electron chi connectivity index (χ1n) is 30.0. The molecule has 6 N–H and O–H groups in total. The van der Waals surface area contributed by atoms with Gasteiger partial charge in [-0.05, 0) is 95.3 Å². The van der Waals surface area contributed by atoms with E-state index in [1.807, 2.05) is 158 Å². The van der Waals surface area contributed by atoms with E-state index >= 15 is 0 Å². The van der Waals surface area contributed by atoms with E-state index in [1.165, 1.54) is 19.0 Å². The van der Waals surface area contributed by atoms with Gasteiger partial charge in [-0.3, -0.25) is 20.1 Å². The lowest BCUT2D eigenvalue weighted by atomic mass is 10.0. The molecule has 0 saturated heterocycles. The zero-order valence-corrected chi connectivity index (χ0v) is 51.8. The van der Waals surface area contributed by atoms with E-state index < -0.39 is 0 Å². The molecule has 15 aromatic rings. The number of ether oxygens (including phenoxy) is 3. The third-order valence-electron chi connectivity index (χ3n) is 15.8. The molecule has 0 bridgehead atoms. The molecule has 0 aliphatic heterocycles. The molecule has 0 amide bonds. The molecule has 9 aromatic carbocycles. The summed E-state index contributed by atoms with van der Waals surface area (Å²) in [6.45, 7) is 3.62. The molecule has 94 heavy (non-hydrogen) atoms. The molecular weight excluding hydrogens is 1170 g/mol. The number of nitrogens with zero attached hydrogens (tertiary/aromatic N) is 9. The van der Waals surface area contributed by atoms with Gasteiger partial charge in [0.05, 0.1) is 71.6 Å². The van der Waals surface area contributed by atoms with Crippen LogP contribution < -0.4 is 30.2 Å². The summed E-state index contributed by atoms with van der Waals surface area (Å²) in [5, 5.41) is 35.1. The van der Waals surface area contributed by atoms with Crippen LogP contribution in [0.15, 0.2) is 243 Å². The fraction of sp³-hybridized carbons (Fsp3) is 0.0667. The average molecular weight is 1240 g/mol. The highest BCUT2D eigenvalue weighted by Crippen LogP contribution is 2.41. The van der Waals surface area contributed by atoms with E-state index in [4.69, 9.17) is 14.2 Å². The number of carbonyl (C=O) groups excluding carboxylic acids is 1. The molecule has 15 rings (SSSR count). The number of ketones is 1. The molecule has 6 heterocycles. The van der Waals surface area contributed by atoms with Crippen molar-refractivity contribution in [3.63, 3.8) is 0 Å². The molecule has 0 saturated carbocycles. The normalized spacial score (nSPS) is 10.9. The number of nitrogens with one attached hydrogen (secondary N) is 6. The van der Waals surface area contributed by atoms with E-state index in [0.717, 1.165) is 117 Å². The highest BCUT2D eigenvalue weighted by molar-refractivity contribution is 6.03. The van der Waals surface area contributed by atoms with E-state index in [9.17, 15) is 4.79 Å². The summed E-state index contributed by atoms with van der Waals surface area (Å²) in [6, 6.07) is 74.3. The van der Waals surface area contributed by atoms with Crippen LogP contribution in [0.3, 0.4) is 0 Å². The van der Waals surface area contributed by atoms with Gasteiger partial charge < -0.3 is 30.2 Å². The summed E-state index contributed by atoms with van der Waals surface area (Å²) in [4.78, 5) is 38.4. The number of Topliss-reactive ketones (excluding diaryl/α,β-unsaturated/α-hetero) is 1. The molecule has 0 fully saturated rings. The van der Waals surface area contributed by atoms with E-state index in [-0.39, 0.29) is 5.78 Å². The van der Waals surface area contributed by atoms with Gasteiger partial charge in [-0.25, -0.2) is 29.9 Å². The second-order valence-electron chi connectivity index (χ2n) is 21.6. The smallest absolute Gasteiger partial charge is 0.186 e. The van der Waals surface area contributed by atoms with Gasteiger partial charge in [0.2, 0.25) is 0 Å². The Hall–Kier alpha value is -12.9. The number of aromatic nitrogens is 12. The lowest BCUT2D eigenvalue weighted by Gasteiger charge is -2.14. The number of H-pyrrole nitrogens is 3. The summed E-state index contributed by atoms with van der Waals surface area (Å²) in [5.41, 5.74) is 17.9. The largest absolute Gasteiger partial charge is 0.495 e. The Labute approximate surface area is 540 Å². The maximum absolute atomic E-state index is 11.9. The van der Waals surface area contributed by atoms with Crippen molar-refractivity contribution in [2.24, 2.45) is 0 Å². The minimum atomic E-state index is -0.00210. The lowest BCUT2D eigenvalue weighted by Crippen LogP contribution is -1.99. The average Bonchev–Trinajstić information content (AvgIpc) is 1.61. The lowest BCUT2D eigenvalue weighted by molar-refractivity contribution is 0.101. The molecule has 0 unspecified atom stereocenters. The van der Waals surface area contributed by atoms with Crippen LogP contribution in [-0.2, 0) is 0 Å². The Morgan fingerprint density at radius 3 is 1.10 bits per heavy atom. The first-order chi connectivity index (χ1) is 46.2. The van der Waals surface area contributed by atoms with Crippen LogP contribution in [-0.4, -0.2) is 87.6 Å². The Balaban J connectivity index is 0.000000128. The number of fused-ring (bicyclic) bond motifs is 3. The molecule has 460 valence electrons. The van der Waals surface area contributed by atoms with Crippen LogP contribution in [0.2, 0.25) is 0 Å². The quantitative estimate of drug-likeness (QED) is 0.0493. The van der Waals surface area contributed by atoms with Crippen LogP contribution in [0.25, 0.3) is 100 Å². The summed E-state index contributed by atoms with van der Waals surface area (Å²) in [5.74, 6) is 4.05. The third kappa shape index (κ3) is 12.8. The van der Waals surface area contributed by atoms with Crippen molar-refractivity contribution in [2.75, 3.05) is 37.3 Å². The SMILES string of the molecule is COc1ccc(-c2ccccc2)cc1Nc1ncnc2n[nH]c(-c3cccc(C(C)=O)c3)c12.COc1ccc(-c2ccccc2)cc1Nc1ncnc2n[nH]c(-c3ccccc3)c12.COc1ccc(-c2ccccc2)cc1Nc1ncnc2n[nH]c(-c3ccccc3C)c12. The Morgan fingerprint density at radius 2 is 0.702 bits per heavy atom. The molecule has 19 nitrogen and oxygen atoms in total. The fourth-order valence-electron chi connectivity index (χ4n) is 11.0. The van der Waals surface area contributed by atoms with E-state index in [2.05, 4.69) is 144 Å². The van der Waals surface area contributed by atoms with Crippen molar-refractivity contribution in [1.29, 1.82) is 0 Å². The van der Waals surface area contributed by atoms with Crippen molar-refractivity contribution >= 4 is 73.4 Å². The van der Waals surface area contributed by atoms with Crippen molar-refractivity contribution in [3.05, 3.63) is 255 Å². The Morgan fingerprint density at radius 1 is 0.351 bits per heavy atom. The monoisotopic (exact) mass is 1240 g/mol. The zero-order valence-electron chi connectivity index (χ0n) is 51.8. The van der Waals surface area contributed by atoms with Crippen molar-refractivity contribution in [3.8, 4) is 84.4 Å². The number of benzene rings is 9. The van der Waals surface area contributed by atoms with E-state index in [1.54, 1.807) is 34.3 Å².